The van der Waals surface area contributed by atoms with E-state index in [4.69, 9.17) is 5.73 Å². The minimum atomic E-state index is -0.156. The van der Waals surface area contributed by atoms with Crippen LogP contribution in [0.3, 0.4) is 0 Å². The van der Waals surface area contributed by atoms with Crippen molar-refractivity contribution in [2.75, 3.05) is 13.1 Å². The summed E-state index contributed by atoms with van der Waals surface area (Å²) in [5.41, 5.74) is 5.34. The molecule has 0 spiro atoms. The van der Waals surface area contributed by atoms with E-state index in [1.54, 1.807) is 0 Å². The van der Waals surface area contributed by atoms with E-state index < -0.39 is 0 Å². The van der Waals surface area contributed by atoms with Crippen molar-refractivity contribution in [2.45, 2.75) is 12.5 Å². The molecule has 7 heavy (non-hydrogen) atoms. The fourth-order valence-corrected chi connectivity index (χ4v) is 0.849. The molecule has 0 aliphatic carbocycles. The summed E-state index contributed by atoms with van der Waals surface area (Å²) in [7, 11) is 0. The third-order valence-electron chi connectivity index (χ3n) is 1.20. The second-order valence-electron chi connectivity index (χ2n) is 2.55. The molecule has 1 heterocycles. The molecule has 1 aliphatic heterocycles. The van der Waals surface area contributed by atoms with Crippen molar-refractivity contribution in [2.24, 2.45) is 5.73 Å². The Morgan fingerprint density at radius 3 is 2.14 bits per heavy atom. The van der Waals surface area contributed by atoms with E-state index in [0.717, 1.165) is 0 Å². The highest BCUT2D eigenvalue weighted by Gasteiger charge is 2.34. The van der Waals surface area contributed by atoms with E-state index >= 15 is 0 Å². The van der Waals surface area contributed by atoms with Crippen LogP contribution in [-0.4, -0.2) is 18.6 Å². The standard InChI is InChI=1S/C4H10N2O/c1-4(5)2-6(7)3-4/h6H,2-3,5H2,1H3. The predicted molar refractivity (Wildman–Crippen MR) is 26.7 cm³/mol. The van der Waals surface area contributed by atoms with Crippen molar-refractivity contribution in [1.29, 1.82) is 0 Å². The van der Waals surface area contributed by atoms with Gasteiger partial charge in [-0.05, 0) is 6.92 Å². The zero-order valence-corrected chi connectivity index (χ0v) is 4.40. The van der Waals surface area contributed by atoms with Crippen molar-refractivity contribution in [3.63, 3.8) is 0 Å². The molecule has 1 saturated heterocycles. The topological polar surface area (TPSA) is 53.5 Å². The predicted octanol–water partition coefficient (Wildman–Crippen LogP) is -1.90. The Balaban J connectivity index is 2.29. The maximum Gasteiger partial charge on any atom is 0.112 e. The number of hydrogen-bond acceptors (Lipinski definition) is 2. The average molecular weight is 102 g/mol. The Morgan fingerprint density at radius 1 is 1.71 bits per heavy atom. The van der Waals surface area contributed by atoms with Crippen LogP contribution in [0.4, 0.5) is 0 Å². The molecule has 1 rings (SSSR count). The van der Waals surface area contributed by atoms with Crippen LogP contribution in [0, 0.1) is 5.21 Å². The number of nitrogens with two attached hydrogens (primary N) is 1. The minimum Gasteiger partial charge on any atom is -0.634 e. The molecule has 3 heteroatoms. The van der Waals surface area contributed by atoms with Gasteiger partial charge in [-0.15, -0.1) is 0 Å². The molecule has 0 saturated carbocycles. The summed E-state index contributed by atoms with van der Waals surface area (Å²) in [5.74, 6) is 0. The fourth-order valence-electron chi connectivity index (χ4n) is 0.849. The lowest BCUT2D eigenvalue weighted by Gasteiger charge is -2.43. The summed E-state index contributed by atoms with van der Waals surface area (Å²) in [4.78, 5) is 0. The third kappa shape index (κ3) is 0.907. The quantitative estimate of drug-likeness (QED) is 0.351. The zero-order valence-electron chi connectivity index (χ0n) is 4.40. The van der Waals surface area contributed by atoms with E-state index in [2.05, 4.69) is 0 Å². The minimum absolute atomic E-state index is 0.156. The van der Waals surface area contributed by atoms with Crippen LogP contribution in [0.1, 0.15) is 6.92 Å². The summed E-state index contributed by atoms with van der Waals surface area (Å²) >= 11 is 0. The first-order chi connectivity index (χ1) is 3.10. The third-order valence-corrected chi connectivity index (χ3v) is 1.20. The number of nitrogens with one attached hydrogen (secondary N) is 1. The van der Waals surface area contributed by atoms with Gasteiger partial charge in [-0.1, -0.05) is 0 Å². The van der Waals surface area contributed by atoms with Gasteiger partial charge >= 0.3 is 0 Å². The van der Waals surface area contributed by atoms with Crippen molar-refractivity contribution < 1.29 is 5.06 Å². The van der Waals surface area contributed by atoms with Gasteiger partial charge in [0, 0.05) is 0 Å². The lowest BCUT2D eigenvalue weighted by molar-refractivity contribution is -0.902. The van der Waals surface area contributed by atoms with Gasteiger partial charge < -0.3 is 16.0 Å². The van der Waals surface area contributed by atoms with E-state index in [9.17, 15) is 5.21 Å². The first-order valence-electron chi connectivity index (χ1n) is 2.41. The summed E-state index contributed by atoms with van der Waals surface area (Å²) in [6.07, 6.45) is 0. The fraction of sp³-hybridized carbons (Fsp3) is 1.00. The smallest absolute Gasteiger partial charge is 0.112 e. The number of hydrogen-bond donors (Lipinski definition) is 2. The number of rotatable bonds is 0. The highest BCUT2D eigenvalue weighted by Crippen LogP contribution is 1.96. The molecule has 0 aromatic rings. The SMILES string of the molecule is CC1(N)C[NH+]([O-])C1. The molecule has 0 aromatic carbocycles. The van der Waals surface area contributed by atoms with Gasteiger partial charge in [-0.2, -0.15) is 0 Å². The van der Waals surface area contributed by atoms with E-state index in [0.29, 0.717) is 18.2 Å². The van der Waals surface area contributed by atoms with Crippen molar-refractivity contribution in [3.05, 3.63) is 5.21 Å². The largest absolute Gasteiger partial charge is 0.634 e. The molecule has 1 fully saturated rings. The molecule has 0 bridgehead atoms. The van der Waals surface area contributed by atoms with Gasteiger partial charge in [0.15, 0.2) is 0 Å². The van der Waals surface area contributed by atoms with E-state index in [1.165, 1.54) is 0 Å². The van der Waals surface area contributed by atoms with Gasteiger partial charge in [0.2, 0.25) is 0 Å². The number of hydroxylamine groups is 2. The Kier molecular flexibility index (Phi) is 0.849. The summed E-state index contributed by atoms with van der Waals surface area (Å²) in [6.45, 7) is 3.05. The second-order valence-corrected chi connectivity index (χ2v) is 2.55. The van der Waals surface area contributed by atoms with Gasteiger partial charge in [0.05, 0.1) is 0 Å². The van der Waals surface area contributed by atoms with Crippen LogP contribution in [-0.2, 0) is 0 Å². The monoisotopic (exact) mass is 102 g/mol. The normalized spacial score (nSPS) is 51.0. The summed E-state index contributed by atoms with van der Waals surface area (Å²) < 4.78 is 0. The molecule has 0 amide bonds. The maximum atomic E-state index is 10.2. The van der Waals surface area contributed by atoms with Crippen LogP contribution in [0.2, 0.25) is 0 Å². The molecule has 1 aliphatic rings. The molecule has 0 radical (unpaired) electrons. The Labute approximate surface area is 42.7 Å². The van der Waals surface area contributed by atoms with Gasteiger partial charge in [-0.3, -0.25) is 0 Å². The molecule has 0 atom stereocenters. The van der Waals surface area contributed by atoms with Gasteiger partial charge in [-0.25, -0.2) is 0 Å². The van der Waals surface area contributed by atoms with Crippen LogP contribution in [0.25, 0.3) is 0 Å². The maximum absolute atomic E-state index is 10.2. The summed E-state index contributed by atoms with van der Waals surface area (Å²) in [5, 5.41) is 10.5. The van der Waals surface area contributed by atoms with E-state index in [1.807, 2.05) is 6.92 Å². The molecule has 0 aromatic heterocycles. The first-order valence-corrected chi connectivity index (χ1v) is 2.41. The molecular formula is C4H10N2O. The van der Waals surface area contributed by atoms with Crippen molar-refractivity contribution in [1.82, 2.24) is 0 Å². The van der Waals surface area contributed by atoms with Gasteiger partial charge in [0.25, 0.3) is 0 Å². The Morgan fingerprint density at radius 2 is 2.14 bits per heavy atom. The average Bonchev–Trinajstić information content (AvgIpc) is 1.27. The highest BCUT2D eigenvalue weighted by atomic mass is 16.5. The molecule has 0 unspecified atom stereocenters. The van der Waals surface area contributed by atoms with Crippen LogP contribution < -0.4 is 10.8 Å². The molecule has 3 nitrogen and oxygen atoms in total. The number of quaternary nitrogens is 1. The van der Waals surface area contributed by atoms with Crippen LogP contribution in [0.15, 0.2) is 0 Å². The molecule has 42 valence electrons. The lowest BCUT2D eigenvalue weighted by Crippen LogP contribution is -3.20. The molecule has 3 N–H and O–H groups in total. The Bertz CT molecular complexity index is 73.8. The van der Waals surface area contributed by atoms with Crippen LogP contribution in [0.5, 0.6) is 0 Å². The van der Waals surface area contributed by atoms with Crippen molar-refractivity contribution >= 4 is 0 Å². The lowest BCUT2D eigenvalue weighted by atomic mass is 9.97. The van der Waals surface area contributed by atoms with E-state index in [-0.39, 0.29) is 5.54 Å². The zero-order chi connectivity index (χ0) is 5.49. The van der Waals surface area contributed by atoms with Crippen molar-refractivity contribution in [3.8, 4) is 0 Å². The van der Waals surface area contributed by atoms with Gasteiger partial charge in [0.1, 0.15) is 18.6 Å². The first kappa shape index (κ1) is 5.03. The highest BCUT2D eigenvalue weighted by molar-refractivity contribution is 4.82. The second kappa shape index (κ2) is 1.18. The van der Waals surface area contributed by atoms with Crippen LogP contribution >= 0.6 is 0 Å². The Hall–Kier alpha value is -0.120. The summed E-state index contributed by atoms with van der Waals surface area (Å²) in [6, 6.07) is 0. The molecular weight excluding hydrogens is 92.1 g/mol.